The molecule has 0 saturated heterocycles. The third kappa shape index (κ3) is 40.9. The number of aromatic hydroxyl groups is 4. The molecular formula is C62H103Cl2NO12PdS. The van der Waals surface area contributed by atoms with Gasteiger partial charge in [-0.15, -0.1) is 20.7 Å². The van der Waals surface area contributed by atoms with Crippen LogP contribution in [0.5, 0.6) is 28.7 Å². The SMILES string of the molecule is C.C.C.COC(=O)Cl.Oc1ccccc1.[2H]C([2H])([2H])C(C)(C)c1cc(C(C)(C([2H])([2H])[2H])C([2H])([2H])[2H])c(O)cc1N.[2H]Cl.[2H]Oc1c([2H])cc(C(C)(C)C([2H])([2H])[2H])cc1C(C)(C([2H])([2H])[2H])C([2H])([2H])[2H].[2H]Oc1c([2H])cc([2H])cc1[2H].[2H][O+]([2H])S(=O)(=O)O.[2H]c1cc(C(C)(C)C([2H])([2H])[2H])cc(C(C)(C([2H])([2H])[2H])C([2H])([2H])[2H])c1OC(C)=O.[CH3-].[Pd]. The zero-order valence-corrected chi connectivity index (χ0v) is 47.5. The summed E-state index contributed by atoms with van der Waals surface area (Å²) in [5.41, 5.74) is -7.90. The van der Waals surface area contributed by atoms with Crippen LogP contribution < -0.4 is 10.5 Å². The summed E-state index contributed by atoms with van der Waals surface area (Å²) in [6.45, 7) is -13.3. The molecule has 0 atom stereocenters. The second-order valence-electron chi connectivity index (χ2n) is 17.3. The number of carbonyl (C=O) groups excluding carboxylic acids is 2. The third-order valence-corrected chi connectivity index (χ3v) is 8.60. The fourth-order valence-electron chi connectivity index (χ4n) is 4.93. The predicted octanol–water partition coefficient (Wildman–Crippen LogP) is 16.8. The van der Waals surface area contributed by atoms with E-state index in [9.17, 15) is 23.1 Å². The number of anilines is 1. The van der Waals surface area contributed by atoms with Gasteiger partial charge in [-0.05, 0) is 103 Å². The second-order valence-corrected chi connectivity index (χ2v) is 18.5. The van der Waals surface area contributed by atoms with Crippen LogP contribution in [0.25, 0.3) is 0 Å². The van der Waals surface area contributed by atoms with Gasteiger partial charge < -0.3 is 47.6 Å². The second kappa shape index (κ2) is 38.7. The number of ether oxygens (including phenoxy) is 2. The van der Waals surface area contributed by atoms with Crippen molar-refractivity contribution in [3.05, 3.63) is 150 Å². The molecule has 0 saturated carbocycles. The summed E-state index contributed by atoms with van der Waals surface area (Å²) in [5, 5.41) is 27.3. The predicted molar refractivity (Wildman–Crippen MR) is 334 cm³/mol. The minimum absolute atomic E-state index is 0. The van der Waals surface area contributed by atoms with Gasteiger partial charge in [-0.2, -0.15) is 0 Å². The number of carbonyl (C=O) groups is 2. The number of phenolic OH excluding ortho intramolecular Hbond substituents is 4. The fourth-order valence-corrected chi connectivity index (χ4v) is 4.93. The van der Waals surface area contributed by atoms with Crippen molar-refractivity contribution in [3.63, 3.8) is 0 Å². The van der Waals surface area contributed by atoms with Gasteiger partial charge in [0.25, 0.3) is 2.86 Å². The first-order valence-corrected chi connectivity index (χ1v) is 22.5. The molecule has 9 N–H and O–H groups in total. The molecule has 79 heavy (non-hydrogen) atoms. The molecule has 458 valence electrons. The summed E-state index contributed by atoms with van der Waals surface area (Å²) in [6, 6.07) is 16.7. The standard InChI is InChI=1S/C16H24O2.C14H23NO.C14H22O.2C6H6O.C2H3ClO2.3CH4.CH3.ClH.H2O4S.Pd/c1-11(17)18-14-9-8-12(15(2,3)4)10-13(14)16(5,6)7;1-13(2,3)9-7-10(14(4,5)6)12(16)8-11(9)15;1-13(2,3)10-7-8-12(15)11(9-10)14(4,5)6;2*7-6-4-2-1-3-5-6;1-5-2(3)4;;;;;;1-5(2,3)4;/h8-10H,1-7H3;7-8,16H,15H2,1-6H3;7-9,15H,1-6H3;2*1-5,7H;1H3;3*1H4;1H3;1H;(H2,1,2,3,4);/q;;;;;;;;;-1;;;/p+1/i2D3,5D3,6D3,9D;1D3,4D3,5D3;1D3,4D3,5D3,8D;1D,4D,5D;;;;;;;;;/hD5. The molecule has 0 aromatic heterocycles. The van der Waals surface area contributed by atoms with Gasteiger partial charge in [0.1, 0.15) is 29.9 Å². The molecule has 17 heteroatoms. The largest absolute Gasteiger partial charge is 0.526 e. The maximum Gasteiger partial charge on any atom is 0.526 e. The van der Waals surface area contributed by atoms with E-state index in [-0.39, 0.29) is 107 Å². The van der Waals surface area contributed by atoms with Crippen LogP contribution in [-0.2, 0) is 72.8 Å². The normalized spacial score (nSPS) is 18.7. The number of halogens is 2. The molecule has 0 amide bonds. The van der Waals surface area contributed by atoms with Gasteiger partial charge in [-0.25, -0.2) is 9.35 Å². The topological polar surface area (TPSA) is 237 Å². The van der Waals surface area contributed by atoms with E-state index < -0.39 is 156 Å². The van der Waals surface area contributed by atoms with Crippen LogP contribution >= 0.6 is 23.9 Å². The van der Waals surface area contributed by atoms with Gasteiger partial charge in [0.15, 0.2) is 0 Å². The number of nitrogen functional groups attached to an aromatic ring is 1. The van der Waals surface area contributed by atoms with Crippen LogP contribution in [-0.4, -0.2) is 63.4 Å². The number of phenols is 4. The monoisotopic (exact) mass is 1300 g/mol. The van der Waals surface area contributed by atoms with Crippen molar-refractivity contribution in [2.24, 2.45) is 0 Å². The Bertz CT molecular complexity index is 3930. The summed E-state index contributed by atoms with van der Waals surface area (Å²) < 4.78 is 312. The quantitative estimate of drug-likeness (QED) is 0.0144. The molecule has 0 bridgehead atoms. The van der Waals surface area contributed by atoms with E-state index in [1.165, 1.54) is 60.8 Å². The van der Waals surface area contributed by atoms with Gasteiger partial charge in [-0.3, -0.25) is 4.79 Å². The summed E-state index contributed by atoms with van der Waals surface area (Å²) in [4.78, 5) is 20.9. The Morgan fingerprint density at radius 1 is 0.646 bits per heavy atom. The van der Waals surface area contributed by atoms with Gasteiger partial charge in [0.2, 0.25) is 0 Å². The minimum Gasteiger partial charge on any atom is -0.508 e. The molecule has 0 heterocycles. The number of para-hydroxylation sites is 2. The average molecular weight is 1300 g/mol. The van der Waals surface area contributed by atoms with E-state index in [1.807, 2.05) is 6.07 Å². The first-order chi connectivity index (χ1) is 49.0. The van der Waals surface area contributed by atoms with E-state index in [4.69, 9.17) is 70.9 Å². The third-order valence-electron chi connectivity index (χ3n) is 8.44. The molecule has 0 aliphatic carbocycles. The molecule has 0 unspecified atom stereocenters. The van der Waals surface area contributed by atoms with Crippen molar-refractivity contribution >= 4 is 51.4 Å². The Kier molecular flexibility index (Phi) is 18.3. The zero-order valence-electron chi connectivity index (χ0n) is 80.6. The molecule has 5 rings (SSSR count). The zero-order chi connectivity index (χ0) is 89.6. The summed E-state index contributed by atoms with van der Waals surface area (Å²) in [5.74, 6) is -2.28. The summed E-state index contributed by atoms with van der Waals surface area (Å²) in [7, 11) is -3.44. The van der Waals surface area contributed by atoms with Crippen LogP contribution in [0.2, 0.25) is 0 Å². The first kappa shape index (κ1) is 37.3. The van der Waals surface area contributed by atoms with Crippen molar-refractivity contribution < 1.29 is 121 Å². The average Bonchev–Trinajstić information content (AvgIpc) is 0.735. The van der Waals surface area contributed by atoms with E-state index in [2.05, 4.69) is 38.9 Å². The molecule has 0 fully saturated rings. The Morgan fingerprint density at radius 3 is 1.41 bits per heavy atom. The summed E-state index contributed by atoms with van der Waals surface area (Å²) >= 11 is 8.49. The van der Waals surface area contributed by atoms with Crippen LogP contribution in [0.15, 0.2) is 109 Å². The van der Waals surface area contributed by atoms with E-state index in [0.29, 0.717) is 5.75 Å². The Hall–Kier alpha value is -4.85. The Labute approximate surface area is 555 Å². The van der Waals surface area contributed by atoms with Gasteiger partial charge in [0, 0.05) is 93.3 Å². The van der Waals surface area contributed by atoms with Crippen LogP contribution in [0.3, 0.4) is 0 Å². The van der Waals surface area contributed by atoms with Crippen molar-refractivity contribution in [1.82, 2.24) is 0 Å². The van der Waals surface area contributed by atoms with Crippen molar-refractivity contribution in [3.8, 4) is 28.7 Å². The first-order valence-electron chi connectivity index (χ1n) is 38.7. The van der Waals surface area contributed by atoms with Crippen molar-refractivity contribution in [2.75, 3.05) is 12.8 Å². The Balaban J connectivity index is -0.000000207. The minimum atomic E-state index is -4.66. The van der Waals surface area contributed by atoms with Gasteiger partial charge in [0.05, 0.1) is 14.0 Å². The number of methoxy groups -OCH3 is 1. The maximum atomic E-state index is 11.5. The van der Waals surface area contributed by atoms with Crippen molar-refractivity contribution in [2.45, 2.75) is 186 Å². The number of hydrogen-bond acceptors (Lipinski definition) is 11. The molecule has 13 nitrogen and oxygen atoms in total. The number of hydrogen-bond donors (Lipinski definition) is 6. The van der Waals surface area contributed by atoms with E-state index in [0.717, 1.165) is 64.1 Å². The van der Waals surface area contributed by atoms with Crippen LogP contribution in [0, 0.1) is 7.43 Å². The van der Waals surface area contributed by atoms with E-state index in [1.54, 1.807) is 24.3 Å². The molecule has 0 spiro atoms. The molecule has 0 radical (unpaired) electrons. The molecule has 5 aromatic carbocycles. The Morgan fingerprint density at radius 2 is 1.05 bits per heavy atom. The van der Waals surface area contributed by atoms with Crippen LogP contribution in [0.4, 0.5) is 10.5 Å². The summed E-state index contributed by atoms with van der Waals surface area (Å²) in [6.07, 6.45) is 0. The maximum absolute atomic E-state index is 11.5. The van der Waals surface area contributed by atoms with Crippen molar-refractivity contribution in [1.29, 1.82) is 6.90 Å². The number of rotatable bonds is 4. The molecule has 5 aromatic rings. The molecular weight excluding hydrogens is 1160 g/mol. The fraction of sp³-hybridized carbons (Fsp3) is 0.468. The number of nitrogens with two attached hydrogens (primary N) is 1. The molecule has 0 aliphatic heterocycles. The number of benzene rings is 5. The molecule has 0 aliphatic rings. The van der Waals surface area contributed by atoms with Gasteiger partial charge in [-0.1, -0.05) is 207 Å². The van der Waals surface area contributed by atoms with Gasteiger partial charge >= 0.3 is 24.7 Å². The number of esters is 1. The smallest absolute Gasteiger partial charge is 0.508 e. The van der Waals surface area contributed by atoms with E-state index >= 15 is 0 Å². The van der Waals surface area contributed by atoms with Crippen LogP contribution in [0.1, 0.15) is 230 Å².